The average molecular weight is 294 g/mol. The van der Waals surface area contributed by atoms with Gasteiger partial charge in [-0.15, -0.1) is 0 Å². The highest BCUT2D eigenvalue weighted by atomic mass is 16.5. The lowest BCUT2D eigenvalue weighted by Crippen LogP contribution is -2.38. The fourth-order valence-electron chi connectivity index (χ4n) is 2.24. The van der Waals surface area contributed by atoms with Gasteiger partial charge in [0, 0.05) is 19.1 Å². The molecule has 1 aromatic rings. The van der Waals surface area contributed by atoms with Crippen LogP contribution in [0.15, 0.2) is 18.2 Å². The van der Waals surface area contributed by atoms with Crippen LogP contribution in [-0.4, -0.2) is 32.8 Å². The quantitative estimate of drug-likeness (QED) is 0.696. The Balaban J connectivity index is 2.77. The first-order chi connectivity index (χ1) is 10.1. The molecule has 4 heteroatoms. The third-order valence-corrected chi connectivity index (χ3v) is 3.50. The Hall–Kier alpha value is -1.26. The van der Waals surface area contributed by atoms with Crippen molar-refractivity contribution >= 4 is 0 Å². The number of nitrogens with one attached hydrogen (secondary N) is 1. The highest BCUT2D eigenvalue weighted by Crippen LogP contribution is 2.29. The number of ether oxygens (including phenoxy) is 2. The van der Waals surface area contributed by atoms with Gasteiger partial charge in [0.2, 0.25) is 0 Å². The van der Waals surface area contributed by atoms with E-state index < -0.39 is 0 Å². The summed E-state index contributed by atoms with van der Waals surface area (Å²) in [6.45, 7) is 8.77. The molecule has 0 bridgehead atoms. The number of nitrogens with two attached hydrogens (primary N) is 1. The van der Waals surface area contributed by atoms with E-state index in [0.29, 0.717) is 25.1 Å². The molecule has 0 heterocycles. The molecule has 1 atom stereocenters. The average Bonchev–Trinajstić information content (AvgIpc) is 2.49. The van der Waals surface area contributed by atoms with Crippen LogP contribution in [0.4, 0.5) is 0 Å². The molecule has 0 saturated carbocycles. The molecule has 0 aliphatic heterocycles. The summed E-state index contributed by atoms with van der Waals surface area (Å²) in [5, 5.41) is 3.51. The Bertz CT molecular complexity index is 408. The van der Waals surface area contributed by atoms with Gasteiger partial charge in [0.05, 0.1) is 13.7 Å². The monoisotopic (exact) mass is 294 g/mol. The minimum Gasteiger partial charge on any atom is -0.493 e. The Morgan fingerprint density at radius 1 is 1.24 bits per heavy atom. The largest absolute Gasteiger partial charge is 0.493 e. The Morgan fingerprint density at radius 3 is 2.57 bits per heavy atom. The van der Waals surface area contributed by atoms with Crippen molar-refractivity contribution in [2.45, 2.75) is 39.7 Å². The molecule has 0 saturated heterocycles. The van der Waals surface area contributed by atoms with Gasteiger partial charge in [0.25, 0.3) is 0 Å². The molecule has 120 valence electrons. The van der Waals surface area contributed by atoms with Gasteiger partial charge >= 0.3 is 0 Å². The first-order valence-electron chi connectivity index (χ1n) is 7.85. The van der Waals surface area contributed by atoms with E-state index in [0.717, 1.165) is 30.9 Å². The maximum atomic E-state index is 5.69. The molecule has 1 unspecified atom stereocenters. The van der Waals surface area contributed by atoms with Gasteiger partial charge < -0.3 is 20.5 Å². The lowest BCUT2D eigenvalue weighted by Gasteiger charge is -2.23. The van der Waals surface area contributed by atoms with Crippen molar-refractivity contribution in [2.24, 2.45) is 11.7 Å². The maximum absolute atomic E-state index is 5.69. The minimum atomic E-state index is 0.417. The van der Waals surface area contributed by atoms with Crippen molar-refractivity contribution in [3.63, 3.8) is 0 Å². The van der Waals surface area contributed by atoms with Crippen LogP contribution >= 0.6 is 0 Å². The van der Waals surface area contributed by atoms with Gasteiger partial charge in [0.1, 0.15) is 0 Å². The van der Waals surface area contributed by atoms with E-state index >= 15 is 0 Å². The van der Waals surface area contributed by atoms with Crippen LogP contribution in [0.3, 0.4) is 0 Å². The molecule has 0 spiro atoms. The van der Waals surface area contributed by atoms with Crippen LogP contribution in [0, 0.1) is 5.92 Å². The third kappa shape index (κ3) is 5.94. The van der Waals surface area contributed by atoms with E-state index in [4.69, 9.17) is 15.2 Å². The summed E-state index contributed by atoms with van der Waals surface area (Å²) in [5.74, 6) is 2.18. The number of benzene rings is 1. The van der Waals surface area contributed by atoms with Crippen LogP contribution in [0.25, 0.3) is 0 Å². The SMILES string of the molecule is CCCOc1ccc(CC(NCCN)C(C)C)cc1OC. The van der Waals surface area contributed by atoms with Crippen LogP contribution < -0.4 is 20.5 Å². The number of hydrogen-bond donors (Lipinski definition) is 2. The molecule has 1 rings (SSSR count). The van der Waals surface area contributed by atoms with E-state index in [-0.39, 0.29) is 0 Å². The highest BCUT2D eigenvalue weighted by Gasteiger charge is 2.14. The summed E-state index contributed by atoms with van der Waals surface area (Å²) >= 11 is 0. The predicted octanol–water partition coefficient (Wildman–Crippen LogP) is 2.60. The second kappa shape index (κ2) is 9.64. The zero-order chi connectivity index (χ0) is 15.7. The maximum Gasteiger partial charge on any atom is 0.161 e. The smallest absolute Gasteiger partial charge is 0.161 e. The molecule has 0 aliphatic carbocycles. The summed E-state index contributed by atoms with van der Waals surface area (Å²) in [4.78, 5) is 0. The Morgan fingerprint density at radius 2 is 2.00 bits per heavy atom. The zero-order valence-electron chi connectivity index (χ0n) is 13.8. The summed E-state index contributed by atoms with van der Waals surface area (Å²) in [6, 6.07) is 6.61. The molecule has 0 radical (unpaired) electrons. The van der Waals surface area contributed by atoms with Crippen LogP contribution in [-0.2, 0) is 6.42 Å². The number of hydrogen-bond acceptors (Lipinski definition) is 4. The first-order valence-corrected chi connectivity index (χ1v) is 7.85. The standard InChI is InChI=1S/C17H30N2O2/c1-5-10-21-16-7-6-14(12-17(16)20-4)11-15(13(2)3)19-9-8-18/h6-7,12-13,15,19H,5,8-11,18H2,1-4H3. The Kier molecular flexibility index (Phi) is 8.16. The molecule has 0 amide bonds. The summed E-state index contributed by atoms with van der Waals surface area (Å²) in [5.41, 5.74) is 6.83. The van der Waals surface area contributed by atoms with Gasteiger partial charge in [0.15, 0.2) is 11.5 Å². The van der Waals surface area contributed by atoms with Crippen LogP contribution in [0.2, 0.25) is 0 Å². The lowest BCUT2D eigenvalue weighted by atomic mass is 9.96. The van der Waals surface area contributed by atoms with Crippen molar-refractivity contribution in [3.8, 4) is 11.5 Å². The van der Waals surface area contributed by atoms with E-state index in [9.17, 15) is 0 Å². The number of rotatable bonds is 10. The Labute approximate surface area is 129 Å². The second-order valence-electron chi connectivity index (χ2n) is 5.63. The molecule has 4 nitrogen and oxygen atoms in total. The fourth-order valence-corrected chi connectivity index (χ4v) is 2.24. The predicted molar refractivity (Wildman–Crippen MR) is 88.2 cm³/mol. The van der Waals surface area contributed by atoms with Gasteiger partial charge in [-0.3, -0.25) is 0 Å². The normalized spacial score (nSPS) is 12.5. The van der Waals surface area contributed by atoms with Gasteiger partial charge in [-0.05, 0) is 36.5 Å². The van der Waals surface area contributed by atoms with E-state index in [2.05, 4.69) is 38.2 Å². The van der Waals surface area contributed by atoms with Crippen molar-refractivity contribution in [1.82, 2.24) is 5.32 Å². The molecule has 21 heavy (non-hydrogen) atoms. The minimum absolute atomic E-state index is 0.417. The molecular weight excluding hydrogens is 264 g/mol. The van der Waals surface area contributed by atoms with Crippen LogP contribution in [0.5, 0.6) is 11.5 Å². The van der Waals surface area contributed by atoms with Gasteiger partial charge in [-0.1, -0.05) is 26.8 Å². The molecular formula is C17H30N2O2. The van der Waals surface area contributed by atoms with Gasteiger partial charge in [-0.2, -0.15) is 0 Å². The lowest BCUT2D eigenvalue weighted by molar-refractivity contribution is 0.294. The second-order valence-corrected chi connectivity index (χ2v) is 5.63. The van der Waals surface area contributed by atoms with Crippen molar-refractivity contribution in [3.05, 3.63) is 23.8 Å². The van der Waals surface area contributed by atoms with Crippen molar-refractivity contribution in [2.75, 3.05) is 26.8 Å². The molecule has 0 aliphatic rings. The summed E-state index contributed by atoms with van der Waals surface area (Å²) < 4.78 is 11.1. The third-order valence-electron chi connectivity index (χ3n) is 3.50. The molecule has 3 N–H and O–H groups in total. The zero-order valence-corrected chi connectivity index (χ0v) is 13.8. The van der Waals surface area contributed by atoms with Gasteiger partial charge in [-0.25, -0.2) is 0 Å². The molecule has 1 aromatic carbocycles. The summed E-state index contributed by atoms with van der Waals surface area (Å²) in [7, 11) is 1.69. The fraction of sp³-hybridized carbons (Fsp3) is 0.647. The van der Waals surface area contributed by atoms with Crippen LogP contribution in [0.1, 0.15) is 32.8 Å². The molecule has 0 fully saturated rings. The first kappa shape index (κ1) is 17.8. The van der Waals surface area contributed by atoms with E-state index in [1.165, 1.54) is 5.56 Å². The van der Waals surface area contributed by atoms with E-state index in [1.807, 2.05) is 6.07 Å². The number of methoxy groups -OCH3 is 1. The van der Waals surface area contributed by atoms with E-state index in [1.54, 1.807) is 7.11 Å². The highest BCUT2D eigenvalue weighted by molar-refractivity contribution is 5.43. The summed E-state index contributed by atoms with van der Waals surface area (Å²) in [6.07, 6.45) is 1.95. The van der Waals surface area contributed by atoms with Crippen molar-refractivity contribution in [1.29, 1.82) is 0 Å². The topological polar surface area (TPSA) is 56.5 Å². The molecule has 0 aromatic heterocycles. The van der Waals surface area contributed by atoms with Crippen molar-refractivity contribution < 1.29 is 9.47 Å².